The third-order valence-corrected chi connectivity index (χ3v) is 7.19. The van der Waals surface area contributed by atoms with E-state index in [2.05, 4.69) is 10.4 Å². The fourth-order valence-corrected chi connectivity index (χ4v) is 4.90. The molecule has 0 aliphatic heterocycles. The lowest BCUT2D eigenvalue weighted by Crippen LogP contribution is -2.31. The molecule has 3 aromatic carbocycles. The number of carbonyl (C=O) groups is 1. The Morgan fingerprint density at radius 2 is 1.76 bits per heavy atom. The lowest BCUT2D eigenvalue weighted by molar-refractivity contribution is -0.119. The zero-order chi connectivity index (χ0) is 27.1. The summed E-state index contributed by atoms with van der Waals surface area (Å²) in [5, 5.41) is 18.2. The molecule has 0 saturated heterocycles. The molecule has 4 aromatic rings. The lowest BCUT2D eigenvalue weighted by atomic mass is 9.98. The normalized spacial score (nSPS) is 12.3. The SMILES string of the molecule is O=C(CCc1ccc(Cn2cccn2)cc1C(O)NCc1ccccc1)NS(=O)(=O)c1ccc(F)c(F)c1. The highest BCUT2D eigenvalue weighted by Gasteiger charge is 2.20. The first-order valence-electron chi connectivity index (χ1n) is 11.8. The number of aryl methyl sites for hydroxylation is 1. The highest BCUT2D eigenvalue weighted by molar-refractivity contribution is 7.90. The van der Waals surface area contributed by atoms with E-state index in [4.69, 9.17) is 0 Å². The van der Waals surface area contributed by atoms with Gasteiger partial charge in [0.1, 0.15) is 6.23 Å². The van der Waals surface area contributed by atoms with Gasteiger partial charge in [-0.1, -0.05) is 42.5 Å². The molecule has 4 rings (SSSR count). The molecule has 0 bridgehead atoms. The van der Waals surface area contributed by atoms with Gasteiger partial charge in [-0.3, -0.25) is 14.8 Å². The number of nitrogens with one attached hydrogen (secondary N) is 2. The summed E-state index contributed by atoms with van der Waals surface area (Å²) >= 11 is 0. The van der Waals surface area contributed by atoms with E-state index in [1.165, 1.54) is 0 Å². The van der Waals surface area contributed by atoms with Crippen LogP contribution in [0.5, 0.6) is 0 Å². The van der Waals surface area contributed by atoms with Gasteiger partial charge in [0, 0.05) is 25.4 Å². The van der Waals surface area contributed by atoms with E-state index in [1.54, 1.807) is 23.0 Å². The first-order valence-corrected chi connectivity index (χ1v) is 13.2. The predicted octanol–water partition coefficient (Wildman–Crippen LogP) is 3.43. The number of aromatic nitrogens is 2. The van der Waals surface area contributed by atoms with E-state index in [0.717, 1.165) is 17.2 Å². The van der Waals surface area contributed by atoms with Gasteiger partial charge in [0.2, 0.25) is 5.91 Å². The van der Waals surface area contributed by atoms with Crippen LogP contribution >= 0.6 is 0 Å². The molecule has 1 atom stereocenters. The van der Waals surface area contributed by atoms with Crippen molar-refractivity contribution >= 4 is 15.9 Å². The number of hydrogen-bond acceptors (Lipinski definition) is 6. The maximum atomic E-state index is 13.5. The molecule has 8 nitrogen and oxygen atoms in total. The Balaban J connectivity index is 1.47. The van der Waals surface area contributed by atoms with Gasteiger partial charge in [-0.2, -0.15) is 5.10 Å². The van der Waals surface area contributed by atoms with E-state index < -0.39 is 38.7 Å². The van der Waals surface area contributed by atoms with Gasteiger partial charge in [-0.25, -0.2) is 21.9 Å². The van der Waals surface area contributed by atoms with Gasteiger partial charge in [0.15, 0.2) is 11.6 Å². The molecule has 1 heterocycles. The number of sulfonamides is 1. The fourth-order valence-electron chi connectivity index (χ4n) is 3.88. The zero-order valence-electron chi connectivity index (χ0n) is 20.2. The highest BCUT2D eigenvalue weighted by atomic mass is 32.2. The molecule has 0 spiro atoms. The second kappa shape index (κ2) is 12.1. The largest absolute Gasteiger partial charge is 0.374 e. The Kier molecular flexibility index (Phi) is 8.62. The van der Waals surface area contributed by atoms with Crippen LogP contribution in [-0.2, 0) is 34.3 Å². The van der Waals surface area contributed by atoms with Gasteiger partial charge >= 0.3 is 0 Å². The molecule has 1 aromatic heterocycles. The first kappa shape index (κ1) is 27.1. The number of halogens is 2. The number of rotatable bonds is 11. The van der Waals surface area contributed by atoms with Gasteiger partial charge in [-0.15, -0.1) is 0 Å². The van der Waals surface area contributed by atoms with Crippen molar-refractivity contribution in [2.24, 2.45) is 0 Å². The molecule has 3 N–H and O–H groups in total. The summed E-state index contributed by atoms with van der Waals surface area (Å²) < 4.78 is 55.1. The molecule has 0 aliphatic rings. The van der Waals surface area contributed by atoms with E-state index in [1.807, 2.05) is 53.4 Å². The topological polar surface area (TPSA) is 113 Å². The summed E-state index contributed by atoms with van der Waals surface area (Å²) in [6.07, 6.45) is 2.32. The van der Waals surface area contributed by atoms with Crippen molar-refractivity contribution in [3.05, 3.63) is 119 Å². The molecule has 0 fully saturated rings. The second-order valence-corrected chi connectivity index (χ2v) is 10.3. The van der Waals surface area contributed by atoms with Crippen molar-refractivity contribution in [3.63, 3.8) is 0 Å². The molecular formula is C27H26F2N4O4S. The van der Waals surface area contributed by atoms with Crippen molar-refractivity contribution < 1.29 is 27.1 Å². The minimum Gasteiger partial charge on any atom is -0.374 e. The molecule has 0 aliphatic carbocycles. The Bertz CT molecular complexity index is 1500. The second-order valence-electron chi connectivity index (χ2n) is 8.61. The van der Waals surface area contributed by atoms with Crippen LogP contribution in [0.2, 0.25) is 0 Å². The zero-order valence-corrected chi connectivity index (χ0v) is 21.0. The van der Waals surface area contributed by atoms with E-state index in [9.17, 15) is 27.1 Å². The van der Waals surface area contributed by atoms with E-state index in [0.29, 0.717) is 36.3 Å². The van der Waals surface area contributed by atoms with Crippen molar-refractivity contribution in [2.45, 2.75) is 37.1 Å². The van der Waals surface area contributed by atoms with E-state index >= 15 is 0 Å². The molecule has 38 heavy (non-hydrogen) atoms. The summed E-state index contributed by atoms with van der Waals surface area (Å²) in [4.78, 5) is 11.9. The fraction of sp³-hybridized carbons (Fsp3) is 0.185. The Labute approximate surface area is 219 Å². The maximum Gasteiger partial charge on any atom is 0.264 e. The quantitative estimate of drug-likeness (QED) is 0.251. The smallest absolute Gasteiger partial charge is 0.264 e. The minimum atomic E-state index is -4.38. The molecule has 0 saturated carbocycles. The molecular weight excluding hydrogens is 514 g/mol. The van der Waals surface area contributed by atoms with Crippen molar-refractivity contribution in [1.82, 2.24) is 19.8 Å². The molecule has 11 heteroatoms. The first-order chi connectivity index (χ1) is 18.2. The Morgan fingerprint density at radius 3 is 2.47 bits per heavy atom. The lowest BCUT2D eigenvalue weighted by Gasteiger charge is -2.19. The number of benzene rings is 3. The van der Waals surface area contributed by atoms with Crippen LogP contribution in [0.1, 0.15) is 34.9 Å². The number of hydrogen-bond donors (Lipinski definition) is 3. The Morgan fingerprint density at radius 1 is 0.974 bits per heavy atom. The average Bonchev–Trinajstić information content (AvgIpc) is 3.41. The van der Waals surface area contributed by atoms with Gasteiger partial charge in [-0.05, 0) is 59.0 Å². The maximum absolute atomic E-state index is 13.5. The van der Waals surface area contributed by atoms with Crippen LogP contribution in [0.4, 0.5) is 8.78 Å². The molecule has 198 valence electrons. The number of amides is 1. The molecule has 1 unspecified atom stereocenters. The standard InChI is InChI=1S/C27H26F2N4O4S/c28-24-11-10-22(16-25(24)29)38(36,37)32-26(34)12-9-21-8-7-20(18-33-14-4-13-31-33)15-23(21)27(35)30-17-19-5-2-1-3-6-19/h1-8,10-11,13-16,27,30,35H,9,12,17-18H2,(H,32,34). The summed E-state index contributed by atoms with van der Waals surface area (Å²) in [7, 11) is -4.38. The summed E-state index contributed by atoms with van der Waals surface area (Å²) in [5.41, 5.74) is 3.03. The van der Waals surface area contributed by atoms with E-state index in [-0.39, 0.29) is 12.8 Å². The van der Waals surface area contributed by atoms with Crippen LogP contribution in [-0.4, -0.2) is 29.2 Å². The van der Waals surface area contributed by atoms with Crippen LogP contribution in [0.25, 0.3) is 0 Å². The number of nitrogens with zero attached hydrogens (tertiary/aromatic N) is 2. The molecule has 0 radical (unpaired) electrons. The molecule has 1 amide bonds. The predicted molar refractivity (Wildman–Crippen MR) is 136 cm³/mol. The van der Waals surface area contributed by atoms with Gasteiger partial charge in [0.05, 0.1) is 11.4 Å². The minimum absolute atomic E-state index is 0.126. The average molecular weight is 541 g/mol. The van der Waals surface area contributed by atoms with Crippen molar-refractivity contribution in [2.75, 3.05) is 0 Å². The van der Waals surface area contributed by atoms with Gasteiger partial charge < -0.3 is 5.11 Å². The monoisotopic (exact) mass is 540 g/mol. The van der Waals surface area contributed by atoms with Crippen LogP contribution in [0, 0.1) is 11.6 Å². The Hall–Kier alpha value is -3.93. The summed E-state index contributed by atoms with van der Waals surface area (Å²) in [6.45, 7) is 0.871. The van der Waals surface area contributed by atoms with Crippen molar-refractivity contribution in [3.8, 4) is 0 Å². The number of carbonyl (C=O) groups excluding carboxylic acids is 1. The van der Waals surface area contributed by atoms with Gasteiger partial charge in [0.25, 0.3) is 10.0 Å². The summed E-state index contributed by atoms with van der Waals surface area (Å²) in [5.74, 6) is -3.36. The number of aliphatic hydroxyl groups excluding tert-OH is 1. The third kappa shape index (κ3) is 7.09. The third-order valence-electron chi connectivity index (χ3n) is 5.82. The van der Waals surface area contributed by atoms with Crippen LogP contribution in [0.15, 0.2) is 90.1 Å². The summed E-state index contributed by atoms with van der Waals surface area (Å²) in [6, 6.07) is 18.8. The van der Waals surface area contributed by atoms with Crippen LogP contribution < -0.4 is 10.0 Å². The highest BCUT2D eigenvalue weighted by Crippen LogP contribution is 2.22. The number of aliphatic hydroxyl groups is 1. The van der Waals surface area contributed by atoms with Crippen molar-refractivity contribution in [1.29, 1.82) is 0 Å². The van der Waals surface area contributed by atoms with Crippen LogP contribution in [0.3, 0.4) is 0 Å².